The van der Waals surface area contributed by atoms with Crippen LogP contribution in [0.15, 0.2) is 53.4 Å². The number of benzene rings is 2. The lowest BCUT2D eigenvalue weighted by atomic mass is 10.1. The molecule has 0 fully saturated rings. The molecule has 0 amide bonds. The van der Waals surface area contributed by atoms with Gasteiger partial charge in [-0.2, -0.15) is 5.10 Å². The first-order valence-electron chi connectivity index (χ1n) is 7.96. The van der Waals surface area contributed by atoms with Crippen LogP contribution in [0.2, 0.25) is 0 Å². The Morgan fingerprint density at radius 2 is 1.92 bits per heavy atom. The van der Waals surface area contributed by atoms with E-state index in [2.05, 4.69) is 35.8 Å². The van der Waals surface area contributed by atoms with E-state index in [1.165, 1.54) is 16.0 Å². The fourth-order valence-corrected chi connectivity index (χ4v) is 3.81. The highest BCUT2D eigenvalue weighted by Crippen LogP contribution is 2.39. The SMILES string of the molecule is COc1ccccc1-n1nc(-c2ccccc2SC)c2c1NCC2. The highest BCUT2D eigenvalue weighted by molar-refractivity contribution is 7.98. The van der Waals surface area contributed by atoms with Gasteiger partial charge in [0.05, 0.1) is 12.8 Å². The number of aromatic nitrogens is 2. The molecule has 1 aliphatic rings. The molecule has 1 aromatic heterocycles. The molecule has 1 N–H and O–H groups in total. The Kier molecular flexibility index (Phi) is 3.94. The topological polar surface area (TPSA) is 39.1 Å². The van der Waals surface area contributed by atoms with Crippen molar-refractivity contribution in [3.8, 4) is 22.7 Å². The third-order valence-electron chi connectivity index (χ3n) is 4.33. The fraction of sp³-hybridized carbons (Fsp3) is 0.211. The van der Waals surface area contributed by atoms with Gasteiger partial charge >= 0.3 is 0 Å². The van der Waals surface area contributed by atoms with E-state index in [1.54, 1.807) is 18.9 Å². The Morgan fingerprint density at radius 3 is 2.75 bits per heavy atom. The molecule has 24 heavy (non-hydrogen) atoms. The van der Waals surface area contributed by atoms with Crippen molar-refractivity contribution in [3.63, 3.8) is 0 Å². The molecule has 2 aromatic carbocycles. The molecule has 0 saturated heterocycles. The van der Waals surface area contributed by atoms with Crippen molar-refractivity contribution in [2.45, 2.75) is 11.3 Å². The number of nitrogens with zero attached hydrogens (tertiary/aromatic N) is 2. The van der Waals surface area contributed by atoms with E-state index in [0.29, 0.717) is 0 Å². The van der Waals surface area contributed by atoms with Gasteiger partial charge in [0.25, 0.3) is 0 Å². The molecule has 0 unspecified atom stereocenters. The lowest BCUT2D eigenvalue weighted by molar-refractivity contribution is 0.412. The molecule has 2 heterocycles. The monoisotopic (exact) mass is 337 g/mol. The highest BCUT2D eigenvalue weighted by Gasteiger charge is 2.25. The van der Waals surface area contributed by atoms with Crippen molar-refractivity contribution in [1.82, 2.24) is 9.78 Å². The summed E-state index contributed by atoms with van der Waals surface area (Å²) in [5.74, 6) is 1.90. The lowest BCUT2D eigenvalue weighted by Gasteiger charge is -2.11. The number of ether oxygens (including phenoxy) is 1. The predicted octanol–water partition coefficient (Wildman–Crippen LogP) is 4.24. The molecule has 4 rings (SSSR count). The van der Waals surface area contributed by atoms with E-state index < -0.39 is 0 Å². The van der Waals surface area contributed by atoms with Crippen molar-refractivity contribution in [1.29, 1.82) is 0 Å². The second-order valence-corrected chi connectivity index (χ2v) is 6.48. The maximum atomic E-state index is 5.53. The Morgan fingerprint density at radius 1 is 1.12 bits per heavy atom. The number of anilines is 1. The van der Waals surface area contributed by atoms with Gasteiger partial charge in [0, 0.05) is 22.6 Å². The molecular formula is C19H19N3OS. The van der Waals surface area contributed by atoms with Crippen molar-refractivity contribution in [2.75, 3.05) is 25.2 Å². The van der Waals surface area contributed by atoms with Gasteiger partial charge in [0.1, 0.15) is 17.3 Å². The van der Waals surface area contributed by atoms with E-state index in [-0.39, 0.29) is 0 Å². The van der Waals surface area contributed by atoms with E-state index in [4.69, 9.17) is 9.84 Å². The number of methoxy groups -OCH3 is 1. The van der Waals surface area contributed by atoms with Gasteiger partial charge in [0.15, 0.2) is 0 Å². The Hall–Kier alpha value is -2.40. The quantitative estimate of drug-likeness (QED) is 0.723. The summed E-state index contributed by atoms with van der Waals surface area (Å²) in [7, 11) is 1.69. The van der Waals surface area contributed by atoms with Crippen LogP contribution in [0.5, 0.6) is 5.75 Å². The third-order valence-corrected chi connectivity index (χ3v) is 5.12. The number of thioether (sulfide) groups is 1. The lowest BCUT2D eigenvalue weighted by Crippen LogP contribution is -2.05. The largest absolute Gasteiger partial charge is 0.494 e. The van der Waals surface area contributed by atoms with Crippen LogP contribution in [0.1, 0.15) is 5.56 Å². The number of nitrogens with one attached hydrogen (secondary N) is 1. The van der Waals surface area contributed by atoms with Crippen LogP contribution in [0.4, 0.5) is 5.82 Å². The number of rotatable bonds is 4. The fourth-order valence-electron chi connectivity index (χ4n) is 3.21. The first-order chi connectivity index (χ1) is 11.8. The highest BCUT2D eigenvalue weighted by atomic mass is 32.2. The van der Waals surface area contributed by atoms with Gasteiger partial charge in [-0.1, -0.05) is 30.3 Å². The average Bonchev–Trinajstić information content (AvgIpc) is 3.24. The van der Waals surface area contributed by atoms with Crippen LogP contribution in [-0.4, -0.2) is 29.7 Å². The molecule has 5 heteroatoms. The van der Waals surface area contributed by atoms with Gasteiger partial charge < -0.3 is 10.1 Å². The van der Waals surface area contributed by atoms with E-state index >= 15 is 0 Å². The number of fused-ring (bicyclic) bond motifs is 1. The number of hydrogen-bond acceptors (Lipinski definition) is 4. The van der Waals surface area contributed by atoms with Crippen LogP contribution in [-0.2, 0) is 6.42 Å². The van der Waals surface area contributed by atoms with Gasteiger partial charge in [-0.3, -0.25) is 0 Å². The van der Waals surface area contributed by atoms with E-state index in [0.717, 1.165) is 35.9 Å². The molecule has 0 spiro atoms. The van der Waals surface area contributed by atoms with Crippen LogP contribution >= 0.6 is 11.8 Å². The van der Waals surface area contributed by atoms with Crippen LogP contribution < -0.4 is 10.1 Å². The van der Waals surface area contributed by atoms with Crippen molar-refractivity contribution in [2.24, 2.45) is 0 Å². The first-order valence-corrected chi connectivity index (χ1v) is 9.18. The van der Waals surface area contributed by atoms with Crippen molar-refractivity contribution >= 4 is 17.6 Å². The predicted molar refractivity (Wildman–Crippen MR) is 99.5 cm³/mol. The summed E-state index contributed by atoms with van der Waals surface area (Å²) in [6.45, 7) is 0.941. The molecule has 0 saturated carbocycles. The summed E-state index contributed by atoms with van der Waals surface area (Å²) >= 11 is 1.75. The minimum absolute atomic E-state index is 0.821. The summed E-state index contributed by atoms with van der Waals surface area (Å²) in [6.07, 6.45) is 3.09. The molecule has 1 aliphatic heterocycles. The average molecular weight is 337 g/mol. The maximum Gasteiger partial charge on any atom is 0.144 e. The zero-order valence-electron chi connectivity index (χ0n) is 13.7. The van der Waals surface area contributed by atoms with Gasteiger partial charge in [0.2, 0.25) is 0 Å². The third kappa shape index (κ3) is 2.36. The summed E-state index contributed by atoms with van der Waals surface area (Å²) in [5, 5.41) is 8.43. The standard InChI is InChI=1S/C19H19N3OS/c1-23-16-9-5-4-8-15(16)22-19-14(11-12-20-19)18(21-22)13-7-3-6-10-17(13)24-2/h3-10,20H,11-12H2,1-2H3. The molecule has 3 aromatic rings. The summed E-state index contributed by atoms with van der Waals surface area (Å²) in [5.41, 5.74) is 4.49. The van der Waals surface area contributed by atoms with Crippen molar-refractivity contribution in [3.05, 3.63) is 54.1 Å². The molecule has 0 aliphatic carbocycles. The Labute approximate surface area is 145 Å². The van der Waals surface area contributed by atoms with E-state index in [1.807, 2.05) is 28.9 Å². The smallest absolute Gasteiger partial charge is 0.144 e. The molecular weight excluding hydrogens is 318 g/mol. The molecule has 0 bridgehead atoms. The second kappa shape index (κ2) is 6.24. The number of para-hydroxylation sites is 2. The minimum atomic E-state index is 0.821. The Bertz CT molecular complexity index is 818. The van der Waals surface area contributed by atoms with Crippen LogP contribution in [0.3, 0.4) is 0 Å². The zero-order valence-corrected chi connectivity index (χ0v) is 14.6. The second-order valence-electron chi connectivity index (χ2n) is 5.64. The summed E-state index contributed by atoms with van der Waals surface area (Å²) < 4.78 is 7.51. The molecule has 0 atom stereocenters. The number of hydrogen-bond donors (Lipinski definition) is 1. The van der Waals surface area contributed by atoms with Crippen LogP contribution in [0.25, 0.3) is 16.9 Å². The summed E-state index contributed by atoms with van der Waals surface area (Å²) in [6, 6.07) is 16.4. The molecule has 122 valence electrons. The van der Waals surface area contributed by atoms with Gasteiger partial charge in [-0.05, 0) is 30.9 Å². The van der Waals surface area contributed by atoms with Crippen molar-refractivity contribution < 1.29 is 4.74 Å². The Balaban J connectivity index is 1.93. The summed E-state index contributed by atoms with van der Waals surface area (Å²) in [4.78, 5) is 1.25. The van der Waals surface area contributed by atoms with Crippen LogP contribution in [0, 0.1) is 0 Å². The normalized spacial score (nSPS) is 12.8. The zero-order chi connectivity index (χ0) is 16.5. The molecule has 4 nitrogen and oxygen atoms in total. The van der Waals surface area contributed by atoms with E-state index in [9.17, 15) is 0 Å². The maximum absolute atomic E-state index is 5.53. The van der Waals surface area contributed by atoms with Gasteiger partial charge in [-0.25, -0.2) is 4.68 Å². The van der Waals surface area contributed by atoms with Gasteiger partial charge in [-0.15, -0.1) is 11.8 Å². The minimum Gasteiger partial charge on any atom is -0.494 e. The first kappa shape index (κ1) is 15.1. The molecule has 0 radical (unpaired) electrons.